The van der Waals surface area contributed by atoms with Gasteiger partial charge in [0, 0.05) is 29.8 Å². The number of carbonyl (C=O) groups excluding carboxylic acids is 1. The van der Waals surface area contributed by atoms with Gasteiger partial charge in [0.15, 0.2) is 0 Å². The number of amides is 1. The molecule has 2 heterocycles. The van der Waals surface area contributed by atoms with Crippen LogP contribution in [0.4, 0.5) is 11.4 Å². The number of hydrogen-bond acceptors (Lipinski definition) is 4. The zero-order chi connectivity index (χ0) is 13.8. The van der Waals surface area contributed by atoms with E-state index in [4.69, 9.17) is 0 Å². The number of nitrogens with zero attached hydrogens (tertiary/aromatic N) is 2. The Labute approximate surface area is 122 Å². The number of aromatic nitrogens is 1. The molecule has 1 aromatic carbocycles. The Morgan fingerprint density at radius 1 is 1.25 bits per heavy atom. The van der Waals surface area contributed by atoms with Crippen LogP contribution >= 0.6 is 11.3 Å². The molecule has 1 saturated heterocycles. The van der Waals surface area contributed by atoms with E-state index in [0.29, 0.717) is 6.42 Å². The molecule has 0 unspecified atom stereocenters. The van der Waals surface area contributed by atoms with Crippen molar-refractivity contribution in [2.75, 3.05) is 23.3 Å². The van der Waals surface area contributed by atoms with Crippen LogP contribution in [-0.2, 0) is 11.2 Å². The van der Waals surface area contributed by atoms with E-state index in [1.165, 1.54) is 29.9 Å². The summed E-state index contributed by atoms with van der Waals surface area (Å²) < 4.78 is 0. The van der Waals surface area contributed by atoms with Crippen molar-refractivity contribution >= 4 is 28.6 Å². The maximum absolute atomic E-state index is 11.9. The molecule has 4 nitrogen and oxygen atoms in total. The van der Waals surface area contributed by atoms with Gasteiger partial charge < -0.3 is 10.2 Å². The molecule has 0 bridgehead atoms. The Kier molecular flexibility index (Phi) is 3.97. The van der Waals surface area contributed by atoms with E-state index in [-0.39, 0.29) is 5.91 Å². The predicted molar refractivity (Wildman–Crippen MR) is 82.3 cm³/mol. The van der Waals surface area contributed by atoms with Crippen LogP contribution in [0.1, 0.15) is 18.5 Å². The van der Waals surface area contributed by atoms with Crippen molar-refractivity contribution in [3.8, 4) is 0 Å². The second kappa shape index (κ2) is 6.05. The quantitative estimate of drug-likeness (QED) is 0.940. The minimum Gasteiger partial charge on any atom is -0.372 e. The lowest BCUT2D eigenvalue weighted by Gasteiger charge is -2.17. The van der Waals surface area contributed by atoms with Gasteiger partial charge in [-0.15, -0.1) is 11.3 Å². The van der Waals surface area contributed by atoms with Gasteiger partial charge in [0.2, 0.25) is 5.91 Å². The topological polar surface area (TPSA) is 45.2 Å². The van der Waals surface area contributed by atoms with E-state index < -0.39 is 0 Å². The summed E-state index contributed by atoms with van der Waals surface area (Å²) in [4.78, 5) is 18.4. The lowest BCUT2D eigenvalue weighted by atomic mass is 10.2. The highest BCUT2D eigenvalue weighted by atomic mass is 32.1. The fourth-order valence-corrected chi connectivity index (χ4v) is 2.98. The van der Waals surface area contributed by atoms with Crippen molar-refractivity contribution in [2.24, 2.45) is 0 Å². The monoisotopic (exact) mass is 287 g/mol. The maximum atomic E-state index is 11.9. The fraction of sp³-hybridized carbons (Fsp3) is 0.333. The van der Waals surface area contributed by atoms with Crippen LogP contribution in [0.25, 0.3) is 0 Å². The number of thiazole rings is 1. The molecule has 104 valence electrons. The molecule has 1 aromatic heterocycles. The summed E-state index contributed by atoms with van der Waals surface area (Å²) in [5.74, 6) is -0.0233. The average molecular weight is 287 g/mol. The minimum atomic E-state index is -0.0233. The number of anilines is 2. The number of nitrogens with one attached hydrogen (secondary N) is 1. The minimum absolute atomic E-state index is 0.0233. The second-order valence-electron chi connectivity index (χ2n) is 4.95. The molecular weight excluding hydrogens is 270 g/mol. The lowest BCUT2D eigenvalue weighted by Crippen LogP contribution is -2.18. The van der Waals surface area contributed by atoms with Crippen LogP contribution in [-0.4, -0.2) is 24.0 Å². The largest absolute Gasteiger partial charge is 0.372 e. The second-order valence-corrected chi connectivity index (χ2v) is 5.66. The zero-order valence-electron chi connectivity index (χ0n) is 11.2. The third-order valence-corrected chi connectivity index (χ3v) is 4.08. The van der Waals surface area contributed by atoms with Gasteiger partial charge in [0.05, 0.1) is 17.6 Å². The Bertz CT molecular complexity index is 559. The van der Waals surface area contributed by atoms with Crippen LogP contribution < -0.4 is 10.2 Å². The molecule has 1 fully saturated rings. The third kappa shape index (κ3) is 3.17. The van der Waals surface area contributed by atoms with Crippen molar-refractivity contribution in [1.29, 1.82) is 0 Å². The van der Waals surface area contributed by atoms with Crippen molar-refractivity contribution in [2.45, 2.75) is 19.3 Å². The molecule has 20 heavy (non-hydrogen) atoms. The first-order valence-corrected chi connectivity index (χ1v) is 7.77. The van der Waals surface area contributed by atoms with E-state index in [1.807, 2.05) is 17.5 Å². The average Bonchev–Trinajstić information content (AvgIpc) is 3.12. The molecule has 0 aliphatic carbocycles. The SMILES string of the molecule is O=C(Cc1cscn1)Nc1ccc(N2CCCC2)cc1. The Morgan fingerprint density at radius 3 is 2.65 bits per heavy atom. The van der Waals surface area contributed by atoms with Gasteiger partial charge in [-0.05, 0) is 37.1 Å². The van der Waals surface area contributed by atoms with Gasteiger partial charge in [-0.2, -0.15) is 0 Å². The summed E-state index contributed by atoms with van der Waals surface area (Å²) in [6, 6.07) is 8.08. The number of carbonyl (C=O) groups is 1. The molecule has 0 atom stereocenters. The van der Waals surface area contributed by atoms with Crippen molar-refractivity contribution < 1.29 is 4.79 Å². The summed E-state index contributed by atoms with van der Waals surface area (Å²) in [7, 11) is 0. The first-order chi connectivity index (χ1) is 9.81. The Balaban J connectivity index is 1.58. The van der Waals surface area contributed by atoms with Crippen LogP contribution in [0.5, 0.6) is 0 Å². The van der Waals surface area contributed by atoms with Crippen molar-refractivity contribution in [3.63, 3.8) is 0 Å². The molecule has 2 aromatic rings. The van der Waals surface area contributed by atoms with Gasteiger partial charge in [-0.3, -0.25) is 4.79 Å². The van der Waals surface area contributed by atoms with Gasteiger partial charge in [0.25, 0.3) is 0 Å². The molecule has 1 N–H and O–H groups in total. The van der Waals surface area contributed by atoms with E-state index in [2.05, 4.69) is 27.3 Å². The van der Waals surface area contributed by atoms with Crippen LogP contribution in [0.15, 0.2) is 35.2 Å². The first-order valence-electron chi connectivity index (χ1n) is 6.83. The molecule has 0 radical (unpaired) electrons. The summed E-state index contributed by atoms with van der Waals surface area (Å²) >= 11 is 1.51. The summed E-state index contributed by atoms with van der Waals surface area (Å²) in [5.41, 5.74) is 4.64. The molecule has 5 heteroatoms. The standard InChI is InChI=1S/C15H17N3OS/c19-15(9-13-10-20-11-16-13)17-12-3-5-14(6-4-12)18-7-1-2-8-18/h3-6,10-11H,1-2,7-9H2,(H,17,19). The van der Waals surface area contributed by atoms with E-state index >= 15 is 0 Å². The molecule has 1 amide bonds. The molecular formula is C15H17N3OS. The smallest absolute Gasteiger partial charge is 0.230 e. The highest BCUT2D eigenvalue weighted by molar-refractivity contribution is 7.07. The molecule has 0 saturated carbocycles. The number of benzene rings is 1. The normalized spacial score (nSPS) is 14.5. The van der Waals surface area contributed by atoms with Gasteiger partial charge in [-0.25, -0.2) is 4.98 Å². The molecule has 1 aliphatic rings. The van der Waals surface area contributed by atoms with Gasteiger partial charge >= 0.3 is 0 Å². The fourth-order valence-electron chi connectivity index (χ4n) is 2.43. The van der Waals surface area contributed by atoms with E-state index in [1.54, 1.807) is 5.51 Å². The highest BCUT2D eigenvalue weighted by Gasteiger charge is 2.12. The highest BCUT2D eigenvalue weighted by Crippen LogP contribution is 2.22. The zero-order valence-corrected chi connectivity index (χ0v) is 12.0. The first kappa shape index (κ1) is 13.1. The molecule has 0 spiro atoms. The molecule has 3 rings (SSSR count). The Morgan fingerprint density at radius 2 is 2.00 bits per heavy atom. The van der Waals surface area contributed by atoms with E-state index in [0.717, 1.165) is 24.5 Å². The Hall–Kier alpha value is -1.88. The van der Waals surface area contributed by atoms with Crippen LogP contribution in [0.2, 0.25) is 0 Å². The predicted octanol–water partition coefficient (Wildman–Crippen LogP) is 2.92. The lowest BCUT2D eigenvalue weighted by molar-refractivity contribution is -0.115. The van der Waals surface area contributed by atoms with Crippen molar-refractivity contribution in [1.82, 2.24) is 4.98 Å². The summed E-state index contributed by atoms with van der Waals surface area (Å²) in [6.07, 6.45) is 2.87. The number of rotatable bonds is 4. The van der Waals surface area contributed by atoms with Crippen molar-refractivity contribution in [3.05, 3.63) is 40.8 Å². The van der Waals surface area contributed by atoms with E-state index in [9.17, 15) is 4.79 Å². The summed E-state index contributed by atoms with van der Waals surface area (Å²) in [6.45, 7) is 2.27. The van der Waals surface area contributed by atoms with Gasteiger partial charge in [-0.1, -0.05) is 0 Å². The maximum Gasteiger partial charge on any atom is 0.230 e. The van der Waals surface area contributed by atoms with Crippen LogP contribution in [0.3, 0.4) is 0 Å². The molecule has 1 aliphatic heterocycles. The van der Waals surface area contributed by atoms with Gasteiger partial charge in [0.1, 0.15) is 0 Å². The third-order valence-electron chi connectivity index (χ3n) is 3.45. The summed E-state index contributed by atoms with van der Waals surface area (Å²) in [5, 5.41) is 4.80. The number of hydrogen-bond donors (Lipinski definition) is 1. The van der Waals surface area contributed by atoms with Crippen LogP contribution in [0, 0.1) is 0 Å².